The molecule has 0 fully saturated rings. The van der Waals surface area contributed by atoms with Gasteiger partial charge in [-0.3, -0.25) is 18.5 Å². The van der Waals surface area contributed by atoms with Gasteiger partial charge in [-0.2, -0.15) is 4.98 Å². The molecule has 2 aromatic heterocycles. The number of aryl methyl sites for hydroxylation is 1. The van der Waals surface area contributed by atoms with Gasteiger partial charge in [0.2, 0.25) is 5.95 Å². The largest absolute Gasteiger partial charge is 0.356 e. The van der Waals surface area contributed by atoms with Gasteiger partial charge in [-0.1, -0.05) is 56.3 Å². The zero-order valence-corrected chi connectivity index (χ0v) is 19.2. The fourth-order valence-corrected chi connectivity index (χ4v) is 3.99. The van der Waals surface area contributed by atoms with Gasteiger partial charge >= 0.3 is 5.69 Å². The molecule has 32 heavy (non-hydrogen) atoms. The van der Waals surface area contributed by atoms with Gasteiger partial charge in [-0.25, -0.2) is 4.79 Å². The van der Waals surface area contributed by atoms with E-state index in [2.05, 4.69) is 60.5 Å². The van der Waals surface area contributed by atoms with Crippen LogP contribution in [-0.4, -0.2) is 25.2 Å². The van der Waals surface area contributed by atoms with E-state index in [1.807, 2.05) is 23.6 Å². The summed E-state index contributed by atoms with van der Waals surface area (Å²) >= 11 is 0. The van der Waals surface area contributed by atoms with Gasteiger partial charge in [0, 0.05) is 20.6 Å². The molecule has 7 nitrogen and oxygen atoms in total. The SMILES string of the molecule is CCNc1nc2c(c(=O)n(C)c(=O)n2C)n1Cc1cccc(-c2ccc(C(C)C)cc2)c1. The third kappa shape index (κ3) is 3.75. The van der Waals surface area contributed by atoms with E-state index < -0.39 is 0 Å². The molecule has 2 heterocycles. The molecule has 1 N–H and O–H groups in total. The highest BCUT2D eigenvalue weighted by atomic mass is 16.2. The Morgan fingerprint density at radius 3 is 2.34 bits per heavy atom. The lowest BCUT2D eigenvalue weighted by Gasteiger charge is -2.12. The van der Waals surface area contributed by atoms with Crippen LogP contribution in [0, 0.1) is 0 Å². The van der Waals surface area contributed by atoms with Crippen LogP contribution in [0.25, 0.3) is 22.3 Å². The van der Waals surface area contributed by atoms with Gasteiger partial charge in [0.1, 0.15) is 0 Å². The minimum atomic E-state index is -0.387. The number of imidazole rings is 1. The Bertz CT molecular complexity index is 1390. The van der Waals surface area contributed by atoms with Crippen molar-refractivity contribution in [3.63, 3.8) is 0 Å². The van der Waals surface area contributed by atoms with Crippen molar-refractivity contribution in [2.45, 2.75) is 33.2 Å². The summed E-state index contributed by atoms with van der Waals surface area (Å²) in [6, 6.07) is 16.9. The Hall–Kier alpha value is -3.61. The van der Waals surface area contributed by atoms with Crippen LogP contribution in [0.15, 0.2) is 58.1 Å². The average molecular weight is 432 g/mol. The van der Waals surface area contributed by atoms with Crippen molar-refractivity contribution in [2.24, 2.45) is 14.1 Å². The monoisotopic (exact) mass is 431 g/mol. The highest BCUT2D eigenvalue weighted by Crippen LogP contribution is 2.25. The Kier molecular flexibility index (Phi) is 5.74. The number of anilines is 1. The summed E-state index contributed by atoms with van der Waals surface area (Å²) in [5, 5.41) is 3.23. The third-order valence-corrected chi connectivity index (χ3v) is 5.86. The van der Waals surface area contributed by atoms with E-state index in [4.69, 9.17) is 0 Å². The maximum atomic E-state index is 13.0. The standard InChI is InChI=1S/C25H29N5O2/c1-6-26-24-27-22-21(23(31)29(5)25(32)28(22)4)30(24)15-17-8-7-9-20(14-17)19-12-10-18(11-13-19)16(2)3/h7-14,16H,6,15H2,1-5H3,(H,26,27). The molecule has 0 unspecified atom stereocenters. The quantitative estimate of drug-likeness (QED) is 0.505. The highest BCUT2D eigenvalue weighted by molar-refractivity contribution is 5.74. The molecule has 0 radical (unpaired) electrons. The van der Waals surface area contributed by atoms with Crippen molar-refractivity contribution in [3.05, 3.63) is 80.5 Å². The van der Waals surface area contributed by atoms with Crippen molar-refractivity contribution in [3.8, 4) is 11.1 Å². The molecule has 0 saturated heterocycles. The topological polar surface area (TPSA) is 73.8 Å². The number of nitrogens with zero attached hydrogens (tertiary/aromatic N) is 4. The van der Waals surface area contributed by atoms with Crippen LogP contribution in [0.4, 0.5) is 5.95 Å². The third-order valence-electron chi connectivity index (χ3n) is 5.86. The second-order valence-electron chi connectivity index (χ2n) is 8.41. The first kappa shape index (κ1) is 21.6. The first-order chi connectivity index (χ1) is 15.3. The van der Waals surface area contributed by atoms with E-state index >= 15 is 0 Å². The number of nitrogens with one attached hydrogen (secondary N) is 1. The molecule has 0 aliphatic rings. The summed E-state index contributed by atoms with van der Waals surface area (Å²) in [5.41, 5.74) is 4.69. The first-order valence-electron chi connectivity index (χ1n) is 10.9. The molecule has 0 aliphatic carbocycles. The fourth-order valence-electron chi connectivity index (χ4n) is 3.99. The zero-order valence-electron chi connectivity index (χ0n) is 19.2. The van der Waals surface area contributed by atoms with Gasteiger partial charge in [0.25, 0.3) is 5.56 Å². The molecular weight excluding hydrogens is 402 g/mol. The molecular formula is C25H29N5O2. The molecule has 4 aromatic rings. The summed E-state index contributed by atoms with van der Waals surface area (Å²) in [7, 11) is 3.13. The van der Waals surface area contributed by atoms with E-state index in [0.29, 0.717) is 36.1 Å². The second kappa shape index (κ2) is 8.49. The molecule has 0 atom stereocenters. The van der Waals surface area contributed by atoms with Crippen LogP contribution in [-0.2, 0) is 20.6 Å². The lowest BCUT2D eigenvalue weighted by atomic mass is 9.98. The predicted molar refractivity (Wildman–Crippen MR) is 129 cm³/mol. The maximum Gasteiger partial charge on any atom is 0.332 e. The van der Waals surface area contributed by atoms with Crippen LogP contribution in [0.5, 0.6) is 0 Å². The summed E-state index contributed by atoms with van der Waals surface area (Å²) in [6.45, 7) is 7.46. The first-order valence-corrected chi connectivity index (χ1v) is 10.9. The highest BCUT2D eigenvalue weighted by Gasteiger charge is 2.19. The number of hydrogen-bond donors (Lipinski definition) is 1. The number of rotatable bonds is 6. The molecule has 0 spiro atoms. The minimum absolute atomic E-state index is 0.347. The molecule has 0 amide bonds. The van der Waals surface area contributed by atoms with E-state index in [1.54, 1.807) is 7.05 Å². The van der Waals surface area contributed by atoms with Crippen molar-refractivity contribution in [1.29, 1.82) is 0 Å². The van der Waals surface area contributed by atoms with Crippen molar-refractivity contribution >= 4 is 17.1 Å². The predicted octanol–water partition coefficient (Wildman–Crippen LogP) is 3.70. The number of benzene rings is 2. The van der Waals surface area contributed by atoms with Gasteiger partial charge in [-0.15, -0.1) is 0 Å². The number of hydrogen-bond acceptors (Lipinski definition) is 4. The maximum absolute atomic E-state index is 13.0. The van der Waals surface area contributed by atoms with E-state index in [-0.39, 0.29) is 11.2 Å². The normalized spacial score (nSPS) is 11.4. The molecule has 2 aromatic carbocycles. The summed E-state index contributed by atoms with van der Waals surface area (Å²) in [6.07, 6.45) is 0. The molecule has 0 aliphatic heterocycles. The van der Waals surface area contributed by atoms with E-state index in [9.17, 15) is 9.59 Å². The molecule has 0 saturated carbocycles. The van der Waals surface area contributed by atoms with Crippen molar-refractivity contribution in [1.82, 2.24) is 18.7 Å². The molecule has 7 heteroatoms. The van der Waals surface area contributed by atoms with Crippen LogP contribution in [0.3, 0.4) is 0 Å². The molecule has 166 valence electrons. The van der Waals surface area contributed by atoms with Crippen LogP contribution in [0.1, 0.15) is 37.8 Å². The Balaban J connectivity index is 1.80. The zero-order chi connectivity index (χ0) is 23.0. The lowest BCUT2D eigenvalue weighted by molar-refractivity contribution is 0.702. The van der Waals surface area contributed by atoms with Gasteiger partial charge in [0.15, 0.2) is 11.2 Å². The summed E-state index contributed by atoms with van der Waals surface area (Å²) < 4.78 is 4.41. The van der Waals surface area contributed by atoms with Crippen LogP contribution < -0.4 is 16.6 Å². The average Bonchev–Trinajstić information content (AvgIpc) is 3.15. The molecule has 4 rings (SSSR count). The van der Waals surface area contributed by atoms with Gasteiger partial charge in [0.05, 0.1) is 6.54 Å². The Morgan fingerprint density at radius 2 is 1.69 bits per heavy atom. The fraction of sp³-hybridized carbons (Fsp3) is 0.320. The lowest BCUT2D eigenvalue weighted by Crippen LogP contribution is -2.37. The van der Waals surface area contributed by atoms with Crippen molar-refractivity contribution < 1.29 is 0 Å². The van der Waals surface area contributed by atoms with Crippen LogP contribution >= 0.6 is 0 Å². The second-order valence-corrected chi connectivity index (χ2v) is 8.41. The Labute approximate surface area is 187 Å². The van der Waals surface area contributed by atoms with E-state index in [0.717, 1.165) is 21.3 Å². The van der Waals surface area contributed by atoms with E-state index in [1.165, 1.54) is 17.2 Å². The van der Waals surface area contributed by atoms with Crippen LogP contribution in [0.2, 0.25) is 0 Å². The summed E-state index contributed by atoms with van der Waals surface area (Å²) in [5.74, 6) is 1.07. The number of aromatic nitrogens is 4. The minimum Gasteiger partial charge on any atom is -0.356 e. The number of fused-ring (bicyclic) bond motifs is 1. The Morgan fingerprint density at radius 1 is 0.969 bits per heavy atom. The summed E-state index contributed by atoms with van der Waals surface area (Å²) in [4.78, 5) is 29.9. The van der Waals surface area contributed by atoms with Gasteiger partial charge < -0.3 is 5.32 Å². The van der Waals surface area contributed by atoms with Crippen molar-refractivity contribution in [2.75, 3.05) is 11.9 Å². The van der Waals surface area contributed by atoms with Gasteiger partial charge in [-0.05, 0) is 41.2 Å². The molecule has 0 bridgehead atoms. The smallest absolute Gasteiger partial charge is 0.332 e.